The minimum atomic E-state index is 0.284. The van der Waals surface area contributed by atoms with Crippen molar-refractivity contribution in [1.82, 2.24) is 0 Å². The lowest BCUT2D eigenvalue weighted by molar-refractivity contribution is 0.475. The van der Waals surface area contributed by atoms with E-state index in [1.807, 2.05) is 30.3 Å². The van der Waals surface area contributed by atoms with Crippen LogP contribution in [0.2, 0.25) is 0 Å². The van der Waals surface area contributed by atoms with Crippen molar-refractivity contribution < 1.29 is 5.11 Å². The summed E-state index contributed by atoms with van der Waals surface area (Å²) in [5.74, 6) is 1.26. The van der Waals surface area contributed by atoms with E-state index in [0.29, 0.717) is 0 Å². The standard InChI is InChI=1S/C15H14N2O/c18-14-8-4-7-13(11-14)17-10-9-16-15(17)12-5-2-1-3-6-12/h1-8,11,18H,9-10H2. The summed E-state index contributed by atoms with van der Waals surface area (Å²) in [6.45, 7) is 1.65. The van der Waals surface area contributed by atoms with Crippen molar-refractivity contribution in [1.29, 1.82) is 0 Å². The van der Waals surface area contributed by atoms with Crippen LogP contribution < -0.4 is 4.90 Å². The van der Waals surface area contributed by atoms with Crippen molar-refractivity contribution in [2.75, 3.05) is 18.0 Å². The van der Waals surface area contributed by atoms with E-state index in [1.165, 1.54) is 0 Å². The Hall–Kier alpha value is -2.29. The zero-order valence-corrected chi connectivity index (χ0v) is 9.95. The van der Waals surface area contributed by atoms with E-state index < -0.39 is 0 Å². The molecule has 0 fully saturated rings. The number of nitrogens with zero attached hydrogens (tertiary/aromatic N) is 2. The number of phenols is 1. The minimum Gasteiger partial charge on any atom is -0.508 e. The van der Waals surface area contributed by atoms with Crippen LogP contribution in [0.1, 0.15) is 5.56 Å². The molecular weight excluding hydrogens is 224 g/mol. The average molecular weight is 238 g/mol. The summed E-state index contributed by atoms with van der Waals surface area (Å²) < 4.78 is 0. The van der Waals surface area contributed by atoms with Gasteiger partial charge in [-0.15, -0.1) is 0 Å². The van der Waals surface area contributed by atoms with Crippen LogP contribution in [0.15, 0.2) is 59.6 Å². The van der Waals surface area contributed by atoms with Crippen molar-refractivity contribution >= 4 is 11.5 Å². The predicted molar refractivity (Wildman–Crippen MR) is 73.3 cm³/mol. The molecule has 0 unspecified atom stereocenters. The summed E-state index contributed by atoms with van der Waals surface area (Å²) in [7, 11) is 0. The average Bonchev–Trinajstić information content (AvgIpc) is 2.89. The molecule has 2 aromatic rings. The van der Waals surface area contributed by atoms with Crippen LogP contribution in [0.3, 0.4) is 0 Å². The lowest BCUT2D eigenvalue weighted by Crippen LogP contribution is -2.27. The topological polar surface area (TPSA) is 35.8 Å². The zero-order chi connectivity index (χ0) is 12.4. The summed E-state index contributed by atoms with van der Waals surface area (Å²) in [5.41, 5.74) is 2.09. The fourth-order valence-electron chi connectivity index (χ4n) is 2.19. The van der Waals surface area contributed by atoms with Crippen LogP contribution in [-0.2, 0) is 0 Å². The third kappa shape index (κ3) is 1.95. The maximum absolute atomic E-state index is 9.56. The highest BCUT2D eigenvalue weighted by Gasteiger charge is 2.19. The van der Waals surface area contributed by atoms with E-state index in [-0.39, 0.29) is 5.75 Å². The Kier molecular flexibility index (Phi) is 2.73. The van der Waals surface area contributed by atoms with E-state index in [4.69, 9.17) is 0 Å². The van der Waals surface area contributed by atoms with Crippen molar-refractivity contribution in [3.05, 3.63) is 60.2 Å². The number of aromatic hydroxyl groups is 1. The third-order valence-corrected chi connectivity index (χ3v) is 3.01. The first-order valence-corrected chi connectivity index (χ1v) is 6.01. The maximum atomic E-state index is 9.56. The fraction of sp³-hybridized carbons (Fsp3) is 0.133. The number of hydrogen-bond acceptors (Lipinski definition) is 3. The van der Waals surface area contributed by atoms with Gasteiger partial charge in [0.15, 0.2) is 0 Å². The molecule has 3 rings (SSSR count). The van der Waals surface area contributed by atoms with Gasteiger partial charge < -0.3 is 10.0 Å². The van der Waals surface area contributed by atoms with Gasteiger partial charge in [0.2, 0.25) is 0 Å². The Morgan fingerprint density at radius 3 is 2.61 bits per heavy atom. The van der Waals surface area contributed by atoms with Crippen LogP contribution >= 0.6 is 0 Å². The van der Waals surface area contributed by atoms with Crippen LogP contribution in [0.25, 0.3) is 0 Å². The fourth-order valence-corrected chi connectivity index (χ4v) is 2.19. The molecule has 0 bridgehead atoms. The molecule has 0 atom stereocenters. The molecule has 90 valence electrons. The monoisotopic (exact) mass is 238 g/mol. The second-order valence-corrected chi connectivity index (χ2v) is 4.24. The van der Waals surface area contributed by atoms with E-state index in [0.717, 1.165) is 30.2 Å². The molecule has 0 spiro atoms. The molecule has 2 aromatic carbocycles. The van der Waals surface area contributed by atoms with Gasteiger partial charge in [-0.2, -0.15) is 0 Å². The molecule has 3 heteroatoms. The minimum absolute atomic E-state index is 0.284. The Morgan fingerprint density at radius 1 is 1.00 bits per heavy atom. The first-order valence-electron chi connectivity index (χ1n) is 6.01. The maximum Gasteiger partial charge on any atom is 0.135 e. The van der Waals surface area contributed by atoms with Gasteiger partial charge in [-0.3, -0.25) is 4.99 Å². The van der Waals surface area contributed by atoms with Gasteiger partial charge >= 0.3 is 0 Å². The summed E-state index contributed by atoms with van der Waals surface area (Å²) >= 11 is 0. The molecule has 0 saturated carbocycles. The van der Waals surface area contributed by atoms with Crippen LogP contribution in [-0.4, -0.2) is 24.0 Å². The van der Waals surface area contributed by atoms with Gasteiger partial charge in [-0.05, 0) is 12.1 Å². The third-order valence-electron chi connectivity index (χ3n) is 3.01. The molecule has 0 amide bonds. The molecule has 1 N–H and O–H groups in total. The van der Waals surface area contributed by atoms with Crippen molar-refractivity contribution in [2.24, 2.45) is 4.99 Å². The van der Waals surface area contributed by atoms with Gasteiger partial charge in [-0.25, -0.2) is 0 Å². The number of rotatable bonds is 2. The summed E-state index contributed by atoms with van der Waals surface area (Å²) in [5, 5.41) is 9.56. The number of amidine groups is 1. The van der Waals surface area contributed by atoms with E-state index >= 15 is 0 Å². The van der Waals surface area contributed by atoms with E-state index in [1.54, 1.807) is 12.1 Å². The lowest BCUT2D eigenvalue weighted by Gasteiger charge is -2.20. The normalized spacial score (nSPS) is 14.7. The molecule has 1 aliphatic heterocycles. The highest BCUT2D eigenvalue weighted by molar-refractivity contribution is 6.11. The van der Waals surface area contributed by atoms with E-state index in [9.17, 15) is 5.11 Å². The number of aliphatic imine (C=N–C) groups is 1. The van der Waals surface area contributed by atoms with Gasteiger partial charge in [0.05, 0.1) is 6.54 Å². The van der Waals surface area contributed by atoms with Crippen LogP contribution in [0.5, 0.6) is 5.75 Å². The van der Waals surface area contributed by atoms with Gasteiger partial charge in [0, 0.05) is 23.9 Å². The lowest BCUT2D eigenvalue weighted by atomic mass is 10.2. The Balaban J connectivity index is 1.97. The smallest absolute Gasteiger partial charge is 0.135 e. The zero-order valence-electron chi connectivity index (χ0n) is 9.95. The van der Waals surface area contributed by atoms with E-state index in [2.05, 4.69) is 22.0 Å². The Labute approximate surface area is 106 Å². The molecule has 0 radical (unpaired) electrons. The molecule has 1 aliphatic rings. The van der Waals surface area contributed by atoms with Crippen molar-refractivity contribution in [3.63, 3.8) is 0 Å². The second kappa shape index (κ2) is 4.53. The first-order chi connectivity index (χ1) is 8.84. The first kappa shape index (κ1) is 10.8. The molecule has 0 aliphatic carbocycles. The number of anilines is 1. The summed E-state index contributed by atoms with van der Waals surface area (Å²) in [6, 6.07) is 17.4. The van der Waals surface area contributed by atoms with Crippen molar-refractivity contribution in [3.8, 4) is 5.75 Å². The molecule has 0 saturated heterocycles. The SMILES string of the molecule is Oc1cccc(N2CCN=C2c2ccccc2)c1. The van der Waals surface area contributed by atoms with Gasteiger partial charge in [-0.1, -0.05) is 36.4 Å². The van der Waals surface area contributed by atoms with Gasteiger partial charge in [0.1, 0.15) is 11.6 Å². The highest BCUT2D eigenvalue weighted by Crippen LogP contribution is 2.24. The van der Waals surface area contributed by atoms with Gasteiger partial charge in [0.25, 0.3) is 0 Å². The van der Waals surface area contributed by atoms with Crippen molar-refractivity contribution in [2.45, 2.75) is 0 Å². The molecule has 1 heterocycles. The Morgan fingerprint density at radius 2 is 1.83 bits per heavy atom. The largest absolute Gasteiger partial charge is 0.508 e. The summed E-state index contributed by atoms with van der Waals surface area (Å²) in [6.07, 6.45) is 0. The van der Waals surface area contributed by atoms with Crippen LogP contribution in [0.4, 0.5) is 5.69 Å². The van der Waals surface area contributed by atoms with Crippen LogP contribution in [0, 0.1) is 0 Å². The molecule has 18 heavy (non-hydrogen) atoms. The summed E-state index contributed by atoms with van der Waals surface area (Å²) in [4.78, 5) is 6.69. The Bertz CT molecular complexity index is 578. The molecular formula is C15H14N2O. The highest BCUT2D eigenvalue weighted by atomic mass is 16.3. The number of benzene rings is 2. The second-order valence-electron chi connectivity index (χ2n) is 4.24. The number of hydrogen-bond donors (Lipinski definition) is 1. The quantitative estimate of drug-likeness (QED) is 0.873. The molecule has 0 aromatic heterocycles. The number of phenolic OH excluding ortho intramolecular Hbond substituents is 1. The predicted octanol–water partition coefficient (Wildman–Crippen LogP) is 2.66. The molecule has 3 nitrogen and oxygen atoms in total.